The Morgan fingerprint density at radius 1 is 1.29 bits per heavy atom. The highest BCUT2D eigenvalue weighted by molar-refractivity contribution is 7.92. The summed E-state index contributed by atoms with van der Waals surface area (Å²) in [6, 6.07) is 0. The molecular weight excluding hydrogens is 260 g/mol. The van der Waals surface area contributed by atoms with Crippen LogP contribution < -0.4 is 0 Å². The molecule has 4 nitrogen and oxygen atoms in total. The molecule has 0 aliphatic carbocycles. The Morgan fingerprint density at radius 2 is 1.94 bits per heavy atom. The molecule has 0 aromatic carbocycles. The Balaban J connectivity index is 2.53. The first-order chi connectivity index (χ1) is 7.70. The molecule has 1 aliphatic rings. The van der Waals surface area contributed by atoms with Crippen LogP contribution in [0, 0.1) is 11.8 Å². The Morgan fingerprint density at radius 3 is 2.47 bits per heavy atom. The van der Waals surface area contributed by atoms with Gasteiger partial charge in [-0.25, -0.2) is 16.8 Å². The topological polar surface area (TPSA) is 68.3 Å². The van der Waals surface area contributed by atoms with Gasteiger partial charge in [0.15, 0.2) is 19.7 Å². The van der Waals surface area contributed by atoms with Crippen LogP contribution in [0.1, 0.15) is 33.1 Å². The van der Waals surface area contributed by atoms with Gasteiger partial charge in [0.25, 0.3) is 0 Å². The SMILES string of the molecule is CC(C)CCS(=O)(=O)CC1CCCS(=O)(=O)C1. The van der Waals surface area contributed by atoms with E-state index in [1.54, 1.807) is 0 Å². The molecule has 0 aromatic heterocycles. The Bertz CT molecular complexity index is 434. The molecule has 6 heteroatoms. The van der Waals surface area contributed by atoms with Gasteiger partial charge < -0.3 is 0 Å². The van der Waals surface area contributed by atoms with E-state index in [0.29, 0.717) is 18.8 Å². The van der Waals surface area contributed by atoms with Gasteiger partial charge in [0.1, 0.15) is 0 Å². The van der Waals surface area contributed by atoms with Crippen molar-refractivity contribution in [3.05, 3.63) is 0 Å². The molecule has 102 valence electrons. The third-order valence-electron chi connectivity index (χ3n) is 3.05. The summed E-state index contributed by atoms with van der Waals surface area (Å²) in [6.07, 6.45) is 1.98. The van der Waals surface area contributed by atoms with E-state index >= 15 is 0 Å². The maximum Gasteiger partial charge on any atom is 0.150 e. The second kappa shape index (κ2) is 5.69. The summed E-state index contributed by atoms with van der Waals surface area (Å²) in [7, 11) is -6.09. The zero-order valence-electron chi connectivity index (χ0n) is 10.6. The van der Waals surface area contributed by atoms with Crippen molar-refractivity contribution in [1.82, 2.24) is 0 Å². The fraction of sp³-hybridized carbons (Fsp3) is 1.00. The molecule has 0 saturated carbocycles. The minimum absolute atomic E-state index is 0.0406. The molecule has 1 atom stereocenters. The second-order valence-corrected chi connectivity index (χ2v) is 9.88. The molecule has 0 N–H and O–H groups in total. The summed E-state index contributed by atoms with van der Waals surface area (Å²) in [4.78, 5) is 0. The summed E-state index contributed by atoms with van der Waals surface area (Å²) < 4.78 is 46.5. The molecule has 17 heavy (non-hydrogen) atoms. The molecule has 0 radical (unpaired) electrons. The van der Waals surface area contributed by atoms with Crippen molar-refractivity contribution < 1.29 is 16.8 Å². The third kappa shape index (κ3) is 5.86. The number of hydrogen-bond acceptors (Lipinski definition) is 4. The Labute approximate surface area is 105 Å². The molecule has 0 aromatic rings. The van der Waals surface area contributed by atoms with Crippen molar-refractivity contribution >= 4 is 19.7 Å². The standard InChI is InChI=1S/C11H22O4S2/c1-10(2)5-7-17(14,15)9-11-4-3-6-16(12,13)8-11/h10-11H,3-9H2,1-2H3. The van der Waals surface area contributed by atoms with Crippen LogP contribution in [0.5, 0.6) is 0 Å². The van der Waals surface area contributed by atoms with Crippen LogP contribution in [0.3, 0.4) is 0 Å². The largest absolute Gasteiger partial charge is 0.229 e. The molecule has 0 spiro atoms. The molecule has 0 amide bonds. The highest BCUT2D eigenvalue weighted by Crippen LogP contribution is 2.20. The normalized spacial score (nSPS) is 25.0. The van der Waals surface area contributed by atoms with Crippen molar-refractivity contribution in [1.29, 1.82) is 0 Å². The molecule has 1 saturated heterocycles. The number of hydrogen-bond donors (Lipinski definition) is 0. The van der Waals surface area contributed by atoms with Crippen molar-refractivity contribution in [2.24, 2.45) is 11.8 Å². The molecule has 1 heterocycles. The smallest absolute Gasteiger partial charge is 0.150 e. The zero-order chi connectivity index (χ0) is 13.1. The summed E-state index contributed by atoms with van der Waals surface area (Å²) >= 11 is 0. The minimum atomic E-state index is -3.09. The van der Waals surface area contributed by atoms with E-state index in [1.807, 2.05) is 13.8 Å². The van der Waals surface area contributed by atoms with E-state index in [0.717, 1.165) is 6.42 Å². The van der Waals surface area contributed by atoms with E-state index in [-0.39, 0.29) is 28.9 Å². The molecule has 1 rings (SSSR count). The Kier molecular flexibility index (Phi) is 5.01. The van der Waals surface area contributed by atoms with Crippen molar-refractivity contribution in [2.75, 3.05) is 23.0 Å². The van der Waals surface area contributed by atoms with Crippen LogP contribution in [0.25, 0.3) is 0 Å². The van der Waals surface area contributed by atoms with Crippen molar-refractivity contribution in [3.63, 3.8) is 0 Å². The Hall–Kier alpha value is -0.100. The van der Waals surface area contributed by atoms with Gasteiger partial charge >= 0.3 is 0 Å². The van der Waals surface area contributed by atoms with Crippen LogP contribution in [0.2, 0.25) is 0 Å². The van der Waals surface area contributed by atoms with Gasteiger partial charge in [-0.15, -0.1) is 0 Å². The van der Waals surface area contributed by atoms with Gasteiger partial charge in [0, 0.05) is 0 Å². The second-order valence-electron chi connectivity index (χ2n) is 5.42. The van der Waals surface area contributed by atoms with Crippen LogP contribution in [0.15, 0.2) is 0 Å². The maximum atomic E-state index is 11.8. The van der Waals surface area contributed by atoms with Crippen LogP contribution >= 0.6 is 0 Å². The minimum Gasteiger partial charge on any atom is -0.229 e. The monoisotopic (exact) mass is 282 g/mol. The van der Waals surface area contributed by atoms with Crippen LogP contribution in [-0.2, 0) is 19.7 Å². The average molecular weight is 282 g/mol. The van der Waals surface area contributed by atoms with Gasteiger partial charge in [-0.2, -0.15) is 0 Å². The molecular formula is C11H22O4S2. The predicted octanol–water partition coefficient (Wildman–Crippen LogP) is 1.27. The lowest BCUT2D eigenvalue weighted by atomic mass is 10.1. The average Bonchev–Trinajstić information content (AvgIpc) is 2.12. The van der Waals surface area contributed by atoms with Gasteiger partial charge in [0.2, 0.25) is 0 Å². The lowest BCUT2D eigenvalue weighted by molar-refractivity contribution is 0.505. The molecule has 1 unspecified atom stereocenters. The quantitative estimate of drug-likeness (QED) is 0.761. The lowest BCUT2D eigenvalue weighted by Gasteiger charge is -2.21. The van der Waals surface area contributed by atoms with E-state index in [1.165, 1.54) is 0 Å². The van der Waals surface area contributed by atoms with E-state index in [4.69, 9.17) is 0 Å². The maximum absolute atomic E-state index is 11.8. The lowest BCUT2D eigenvalue weighted by Crippen LogP contribution is -2.31. The van der Waals surface area contributed by atoms with Crippen LogP contribution in [-0.4, -0.2) is 39.8 Å². The fourth-order valence-corrected chi connectivity index (χ4v) is 6.03. The van der Waals surface area contributed by atoms with Gasteiger partial charge in [0.05, 0.1) is 23.0 Å². The van der Waals surface area contributed by atoms with Gasteiger partial charge in [-0.05, 0) is 31.1 Å². The predicted molar refractivity (Wildman–Crippen MR) is 69.5 cm³/mol. The molecule has 1 aliphatic heterocycles. The molecule has 0 bridgehead atoms. The summed E-state index contributed by atoms with van der Waals surface area (Å²) in [5.41, 5.74) is 0. The van der Waals surface area contributed by atoms with Crippen LogP contribution in [0.4, 0.5) is 0 Å². The zero-order valence-corrected chi connectivity index (χ0v) is 12.2. The first-order valence-electron chi connectivity index (χ1n) is 6.11. The van der Waals surface area contributed by atoms with Crippen molar-refractivity contribution in [2.45, 2.75) is 33.1 Å². The molecule has 1 fully saturated rings. The number of rotatable bonds is 5. The highest BCUT2D eigenvalue weighted by Gasteiger charge is 2.28. The highest BCUT2D eigenvalue weighted by atomic mass is 32.2. The summed E-state index contributed by atoms with van der Waals surface area (Å²) in [5.74, 6) is 0.662. The third-order valence-corrected chi connectivity index (χ3v) is 6.78. The van der Waals surface area contributed by atoms with Gasteiger partial charge in [-0.1, -0.05) is 13.8 Å². The van der Waals surface area contributed by atoms with Gasteiger partial charge in [-0.3, -0.25) is 0 Å². The first-order valence-corrected chi connectivity index (χ1v) is 9.75. The summed E-state index contributed by atoms with van der Waals surface area (Å²) in [5, 5.41) is 0. The number of sulfone groups is 2. The first kappa shape index (κ1) is 15.0. The fourth-order valence-electron chi connectivity index (χ4n) is 2.11. The van der Waals surface area contributed by atoms with E-state index in [9.17, 15) is 16.8 Å². The van der Waals surface area contributed by atoms with Crippen molar-refractivity contribution in [3.8, 4) is 0 Å². The van der Waals surface area contributed by atoms with E-state index < -0.39 is 19.7 Å². The summed E-state index contributed by atoms with van der Waals surface area (Å²) in [6.45, 7) is 3.97. The van der Waals surface area contributed by atoms with E-state index in [2.05, 4.69) is 0 Å².